The molecule has 134 valence electrons. The third kappa shape index (κ3) is 2.80. The summed E-state index contributed by atoms with van der Waals surface area (Å²) in [5, 5.41) is 10.0. The van der Waals surface area contributed by atoms with Crippen LogP contribution >= 0.6 is 11.3 Å². The number of hydrogen-bond donors (Lipinski definition) is 0. The Morgan fingerprint density at radius 1 is 0.962 bits per heavy atom. The number of carbonyl (C=O) groups is 2. The van der Waals surface area contributed by atoms with Gasteiger partial charge >= 0.3 is 11.8 Å². The number of nitrogens with zero attached hydrogens (tertiary/aromatic N) is 4. The third-order valence-electron chi connectivity index (χ3n) is 5.82. The second-order valence-corrected chi connectivity index (χ2v) is 8.54. The maximum Gasteiger partial charge on any atom is 0.312 e. The highest BCUT2D eigenvalue weighted by Crippen LogP contribution is 2.53. The molecule has 3 aliphatic rings. The molecule has 0 N–H and O–H groups in total. The molecule has 2 amide bonds. The van der Waals surface area contributed by atoms with Gasteiger partial charge in [0.2, 0.25) is 0 Å². The minimum absolute atomic E-state index is 0.281. The van der Waals surface area contributed by atoms with Crippen molar-refractivity contribution >= 4 is 23.2 Å². The van der Waals surface area contributed by atoms with Crippen LogP contribution in [0.25, 0.3) is 10.6 Å². The molecular formula is C19H20N4O2S. The lowest BCUT2D eigenvalue weighted by Crippen LogP contribution is -2.56. The predicted octanol–water partition coefficient (Wildman–Crippen LogP) is 2.17. The smallest absolute Gasteiger partial charge is 0.312 e. The highest BCUT2D eigenvalue weighted by molar-refractivity contribution is 7.14. The summed E-state index contributed by atoms with van der Waals surface area (Å²) in [4.78, 5) is 28.6. The van der Waals surface area contributed by atoms with Gasteiger partial charge in [-0.25, -0.2) is 0 Å². The van der Waals surface area contributed by atoms with Crippen LogP contribution in [0.4, 0.5) is 0 Å². The molecule has 1 aromatic heterocycles. The molecule has 2 aliphatic carbocycles. The summed E-state index contributed by atoms with van der Waals surface area (Å²) in [5.41, 5.74) is 1.02. The van der Waals surface area contributed by atoms with E-state index in [-0.39, 0.29) is 11.9 Å². The lowest BCUT2D eigenvalue weighted by atomic mass is 10.1. The van der Waals surface area contributed by atoms with Crippen LogP contribution in [0, 0.1) is 11.8 Å². The lowest BCUT2D eigenvalue weighted by Gasteiger charge is -2.37. The first-order valence-electron chi connectivity index (χ1n) is 9.16. The normalized spacial score (nSPS) is 27.8. The molecule has 1 aromatic carbocycles. The van der Waals surface area contributed by atoms with Gasteiger partial charge in [0.25, 0.3) is 0 Å². The van der Waals surface area contributed by atoms with Crippen molar-refractivity contribution in [3.63, 3.8) is 0 Å². The molecule has 1 saturated heterocycles. The summed E-state index contributed by atoms with van der Waals surface area (Å²) in [6, 6.07) is 10.1. The minimum Gasteiger partial charge on any atom is -0.330 e. The van der Waals surface area contributed by atoms with Crippen LogP contribution in [0.5, 0.6) is 0 Å². The van der Waals surface area contributed by atoms with Gasteiger partial charge in [0.15, 0.2) is 0 Å². The first-order valence-corrected chi connectivity index (χ1v) is 9.98. The van der Waals surface area contributed by atoms with Crippen LogP contribution in [0.15, 0.2) is 30.3 Å². The zero-order valence-electron chi connectivity index (χ0n) is 14.4. The third-order valence-corrected chi connectivity index (χ3v) is 6.77. The quantitative estimate of drug-likeness (QED) is 0.776. The Balaban J connectivity index is 1.25. The molecule has 2 atom stereocenters. The largest absolute Gasteiger partial charge is 0.330 e. The molecular weight excluding hydrogens is 348 g/mol. The molecule has 1 aliphatic heterocycles. The van der Waals surface area contributed by atoms with E-state index in [9.17, 15) is 9.59 Å². The Morgan fingerprint density at radius 3 is 2.50 bits per heavy atom. The van der Waals surface area contributed by atoms with Gasteiger partial charge in [-0.2, -0.15) is 0 Å². The zero-order valence-corrected chi connectivity index (χ0v) is 15.2. The van der Waals surface area contributed by atoms with Gasteiger partial charge < -0.3 is 9.80 Å². The first-order chi connectivity index (χ1) is 12.7. The van der Waals surface area contributed by atoms with E-state index < -0.39 is 5.91 Å². The topological polar surface area (TPSA) is 66.4 Å². The highest BCUT2D eigenvalue weighted by Gasteiger charge is 2.50. The Hall–Kier alpha value is -2.28. The number of hydrogen-bond acceptors (Lipinski definition) is 5. The number of carbonyl (C=O) groups excluding carboxylic acids is 2. The minimum atomic E-state index is -0.395. The maximum atomic E-state index is 12.6. The van der Waals surface area contributed by atoms with E-state index in [1.807, 2.05) is 35.2 Å². The Morgan fingerprint density at radius 2 is 1.73 bits per heavy atom. The van der Waals surface area contributed by atoms with Crippen LogP contribution in [0.1, 0.15) is 24.3 Å². The fourth-order valence-corrected chi connectivity index (χ4v) is 5.17. The van der Waals surface area contributed by atoms with Gasteiger partial charge in [0.1, 0.15) is 10.0 Å². The molecule has 2 heterocycles. The van der Waals surface area contributed by atoms with Crippen molar-refractivity contribution in [1.29, 1.82) is 0 Å². The summed E-state index contributed by atoms with van der Waals surface area (Å²) in [6.45, 7) is 1.58. The predicted molar refractivity (Wildman–Crippen MR) is 97.1 cm³/mol. The van der Waals surface area contributed by atoms with Gasteiger partial charge in [-0.1, -0.05) is 41.7 Å². The average molecular weight is 368 g/mol. The first kappa shape index (κ1) is 15.9. The molecule has 0 radical (unpaired) electrons. The van der Waals surface area contributed by atoms with Crippen LogP contribution in [0.3, 0.4) is 0 Å². The van der Waals surface area contributed by atoms with E-state index in [1.165, 1.54) is 17.8 Å². The van der Waals surface area contributed by atoms with Crippen molar-refractivity contribution in [2.24, 2.45) is 11.8 Å². The Kier molecular flexibility index (Phi) is 3.77. The van der Waals surface area contributed by atoms with Crippen molar-refractivity contribution < 1.29 is 9.59 Å². The number of piperazine rings is 1. The summed E-state index contributed by atoms with van der Waals surface area (Å²) < 4.78 is 0. The van der Waals surface area contributed by atoms with Crippen molar-refractivity contribution in [3.8, 4) is 10.6 Å². The summed E-state index contributed by atoms with van der Waals surface area (Å²) >= 11 is 1.47. The second-order valence-electron chi connectivity index (χ2n) is 7.47. The average Bonchev–Trinajstić information content (AvgIpc) is 3.06. The molecule has 0 bridgehead atoms. The van der Waals surface area contributed by atoms with Crippen LogP contribution in [-0.4, -0.2) is 50.9 Å². The highest BCUT2D eigenvalue weighted by atomic mass is 32.1. The van der Waals surface area contributed by atoms with Crippen molar-refractivity contribution in [2.75, 3.05) is 13.1 Å². The molecule has 0 spiro atoms. The van der Waals surface area contributed by atoms with Crippen molar-refractivity contribution in [3.05, 3.63) is 35.3 Å². The molecule has 6 nitrogen and oxygen atoms in total. The van der Waals surface area contributed by atoms with Gasteiger partial charge in [0.05, 0.1) is 6.54 Å². The fraction of sp³-hybridized carbons (Fsp3) is 0.474. The number of amides is 2. The SMILES string of the molecule is O=C1C(=O)N(C2CC3CC3C2)CCN1Cc1nnc(-c2ccccc2)s1. The second kappa shape index (κ2) is 6.16. The van der Waals surface area contributed by atoms with E-state index in [0.29, 0.717) is 19.6 Å². The number of benzene rings is 1. The van der Waals surface area contributed by atoms with Gasteiger partial charge in [-0.15, -0.1) is 10.2 Å². The van der Waals surface area contributed by atoms with Crippen molar-refractivity contribution in [1.82, 2.24) is 20.0 Å². The monoisotopic (exact) mass is 368 g/mol. The lowest BCUT2D eigenvalue weighted by molar-refractivity contribution is -0.158. The maximum absolute atomic E-state index is 12.6. The number of rotatable bonds is 4. The van der Waals surface area contributed by atoms with E-state index in [2.05, 4.69) is 10.2 Å². The van der Waals surface area contributed by atoms with E-state index in [0.717, 1.165) is 40.3 Å². The zero-order chi connectivity index (χ0) is 17.7. The van der Waals surface area contributed by atoms with E-state index in [4.69, 9.17) is 0 Å². The molecule has 2 unspecified atom stereocenters. The summed E-state index contributed by atoms with van der Waals surface area (Å²) in [7, 11) is 0. The molecule has 3 fully saturated rings. The Bertz CT molecular complexity index is 842. The summed E-state index contributed by atoms with van der Waals surface area (Å²) in [6.07, 6.45) is 3.49. The Labute approximate surface area is 155 Å². The van der Waals surface area contributed by atoms with Crippen LogP contribution in [-0.2, 0) is 16.1 Å². The fourth-order valence-electron chi connectivity index (χ4n) is 4.30. The number of fused-ring (bicyclic) bond motifs is 1. The molecule has 26 heavy (non-hydrogen) atoms. The van der Waals surface area contributed by atoms with Gasteiger partial charge in [0, 0.05) is 24.7 Å². The summed E-state index contributed by atoms with van der Waals surface area (Å²) in [5.74, 6) is 0.876. The van der Waals surface area contributed by atoms with Crippen molar-refractivity contribution in [2.45, 2.75) is 31.8 Å². The van der Waals surface area contributed by atoms with Crippen LogP contribution < -0.4 is 0 Å². The number of aromatic nitrogens is 2. The van der Waals surface area contributed by atoms with Gasteiger partial charge in [-0.3, -0.25) is 9.59 Å². The molecule has 2 aromatic rings. The standard InChI is InChI=1S/C19H20N4O2S/c24-18-19(25)23(15-9-13-8-14(13)10-15)7-6-22(18)11-16-20-21-17(26-16)12-4-2-1-3-5-12/h1-5,13-15H,6-11H2. The molecule has 7 heteroatoms. The van der Waals surface area contributed by atoms with E-state index in [1.54, 1.807) is 4.90 Å². The molecule has 5 rings (SSSR count). The van der Waals surface area contributed by atoms with Crippen LogP contribution in [0.2, 0.25) is 0 Å². The molecule has 2 saturated carbocycles. The van der Waals surface area contributed by atoms with E-state index >= 15 is 0 Å². The van der Waals surface area contributed by atoms with Gasteiger partial charge in [-0.05, 0) is 31.1 Å².